The Balaban J connectivity index is 2.03. The number of esters is 1. The molecule has 2 heterocycles. The van der Waals surface area contributed by atoms with Crippen molar-refractivity contribution >= 4 is 34.5 Å². The molecule has 32 heavy (non-hydrogen) atoms. The Bertz CT molecular complexity index is 1190. The van der Waals surface area contributed by atoms with Crippen LogP contribution in [-0.2, 0) is 19.1 Å². The number of imidazole rings is 1. The molecule has 0 unspecified atom stereocenters. The van der Waals surface area contributed by atoms with Crippen LogP contribution in [0.3, 0.4) is 0 Å². The van der Waals surface area contributed by atoms with E-state index in [1.54, 1.807) is 41.8 Å². The second-order valence-corrected chi connectivity index (χ2v) is 7.24. The fraction of sp³-hybridized carbons (Fsp3) is 0.318. The first-order valence-electron chi connectivity index (χ1n) is 10.2. The molecule has 0 N–H and O–H groups in total. The molecule has 166 valence electrons. The van der Waals surface area contributed by atoms with Gasteiger partial charge in [0.15, 0.2) is 5.92 Å². The first kappa shape index (κ1) is 21.4. The predicted octanol–water partition coefficient (Wildman–Crippen LogP) is 2.71. The number of rotatable bonds is 7. The van der Waals surface area contributed by atoms with Crippen molar-refractivity contribution in [3.05, 3.63) is 64.2 Å². The van der Waals surface area contributed by atoms with Crippen LogP contribution >= 0.6 is 0 Å². The molecule has 10 nitrogen and oxygen atoms in total. The van der Waals surface area contributed by atoms with E-state index in [9.17, 15) is 19.7 Å². The number of carbonyl (C=O) groups excluding carboxylic acids is 2. The highest BCUT2D eigenvalue weighted by Crippen LogP contribution is 2.43. The molecule has 0 saturated carbocycles. The van der Waals surface area contributed by atoms with Gasteiger partial charge in [-0.25, -0.2) is 4.98 Å². The molecule has 0 aliphatic carbocycles. The van der Waals surface area contributed by atoms with Crippen molar-refractivity contribution in [2.45, 2.75) is 13.0 Å². The molecular formula is C22H22N4O6. The summed E-state index contributed by atoms with van der Waals surface area (Å²) in [6.07, 6.45) is 0. The van der Waals surface area contributed by atoms with Gasteiger partial charge in [-0.15, -0.1) is 0 Å². The minimum atomic E-state index is -1.32. The summed E-state index contributed by atoms with van der Waals surface area (Å²) >= 11 is 0. The van der Waals surface area contributed by atoms with Crippen LogP contribution in [-0.4, -0.2) is 53.2 Å². The standard InChI is InChI=1S/C22H22N4O6/c1-3-32-21(28)18-19(14-8-4-6-10-16(14)26(29)30)25-17-11-7-5-9-15(17)23-22(25)24(20(18)27)12-13-31-2/h4-11,18-19H,3,12-13H2,1-2H3/t18-,19-/m1/s1. The van der Waals surface area contributed by atoms with Crippen LogP contribution in [0.1, 0.15) is 18.5 Å². The third-order valence-corrected chi connectivity index (χ3v) is 5.46. The highest BCUT2D eigenvalue weighted by molar-refractivity contribution is 6.08. The third-order valence-electron chi connectivity index (χ3n) is 5.46. The molecule has 3 aromatic rings. The summed E-state index contributed by atoms with van der Waals surface area (Å²) in [4.78, 5) is 44.0. The molecule has 0 radical (unpaired) electrons. The second-order valence-electron chi connectivity index (χ2n) is 7.24. The molecule has 1 aromatic heterocycles. The molecule has 0 bridgehead atoms. The van der Waals surface area contributed by atoms with Gasteiger partial charge < -0.3 is 14.0 Å². The zero-order chi connectivity index (χ0) is 22.8. The van der Waals surface area contributed by atoms with Crippen molar-refractivity contribution in [3.63, 3.8) is 0 Å². The number of methoxy groups -OCH3 is 1. The first-order chi connectivity index (χ1) is 15.5. The maximum absolute atomic E-state index is 13.6. The smallest absolute Gasteiger partial charge is 0.321 e. The summed E-state index contributed by atoms with van der Waals surface area (Å²) in [7, 11) is 1.51. The normalized spacial score (nSPS) is 17.9. The average Bonchev–Trinajstić information content (AvgIpc) is 3.17. The Morgan fingerprint density at radius 2 is 1.91 bits per heavy atom. The minimum absolute atomic E-state index is 0.0713. The summed E-state index contributed by atoms with van der Waals surface area (Å²) in [5, 5.41) is 11.8. The van der Waals surface area contributed by atoms with Crippen LogP contribution in [0.2, 0.25) is 0 Å². The summed E-state index contributed by atoms with van der Waals surface area (Å²) in [5.41, 5.74) is 1.30. The molecule has 2 aromatic carbocycles. The molecule has 2 atom stereocenters. The van der Waals surface area contributed by atoms with Gasteiger partial charge in [-0.05, 0) is 19.1 Å². The van der Waals surface area contributed by atoms with Crippen LogP contribution < -0.4 is 4.90 Å². The van der Waals surface area contributed by atoms with E-state index in [4.69, 9.17) is 9.47 Å². The number of para-hydroxylation sites is 3. The molecular weight excluding hydrogens is 416 g/mol. The number of amides is 1. The van der Waals surface area contributed by atoms with Crippen molar-refractivity contribution in [2.24, 2.45) is 5.92 Å². The van der Waals surface area contributed by atoms with Gasteiger partial charge in [-0.3, -0.25) is 24.6 Å². The number of nitro benzene ring substituents is 1. The second kappa shape index (κ2) is 8.75. The highest BCUT2D eigenvalue weighted by Gasteiger charge is 2.49. The number of hydrogen-bond donors (Lipinski definition) is 0. The third kappa shape index (κ3) is 3.48. The van der Waals surface area contributed by atoms with Gasteiger partial charge in [0, 0.05) is 13.2 Å². The molecule has 1 aliphatic rings. The van der Waals surface area contributed by atoms with Crippen LogP contribution in [0.25, 0.3) is 11.0 Å². The Morgan fingerprint density at radius 1 is 1.19 bits per heavy atom. The van der Waals surface area contributed by atoms with Crippen molar-refractivity contribution < 1.29 is 24.0 Å². The van der Waals surface area contributed by atoms with E-state index >= 15 is 0 Å². The topological polar surface area (TPSA) is 117 Å². The lowest BCUT2D eigenvalue weighted by molar-refractivity contribution is -0.385. The van der Waals surface area contributed by atoms with Crippen LogP contribution in [0.4, 0.5) is 11.6 Å². The van der Waals surface area contributed by atoms with E-state index in [2.05, 4.69) is 4.98 Å². The van der Waals surface area contributed by atoms with Gasteiger partial charge in [-0.1, -0.05) is 30.3 Å². The van der Waals surface area contributed by atoms with Crippen molar-refractivity contribution in [3.8, 4) is 0 Å². The predicted molar refractivity (Wildman–Crippen MR) is 115 cm³/mol. The Kier molecular flexibility index (Phi) is 5.87. The molecule has 4 rings (SSSR count). The Morgan fingerprint density at radius 3 is 2.62 bits per heavy atom. The number of aromatic nitrogens is 2. The average molecular weight is 438 g/mol. The van der Waals surface area contributed by atoms with Gasteiger partial charge in [0.2, 0.25) is 11.9 Å². The van der Waals surface area contributed by atoms with Crippen molar-refractivity contribution in [1.29, 1.82) is 0 Å². The number of fused-ring (bicyclic) bond motifs is 3. The van der Waals surface area contributed by atoms with Gasteiger partial charge >= 0.3 is 5.97 Å². The van der Waals surface area contributed by atoms with Gasteiger partial charge in [0.05, 0.1) is 47.3 Å². The molecule has 0 fully saturated rings. The number of benzene rings is 2. The van der Waals surface area contributed by atoms with Crippen LogP contribution in [0, 0.1) is 16.0 Å². The number of nitro groups is 1. The zero-order valence-electron chi connectivity index (χ0n) is 17.6. The minimum Gasteiger partial charge on any atom is -0.465 e. The number of carbonyl (C=O) groups is 2. The van der Waals surface area contributed by atoms with E-state index < -0.39 is 28.8 Å². The summed E-state index contributed by atoms with van der Waals surface area (Å²) < 4.78 is 12.1. The molecule has 1 amide bonds. The first-order valence-corrected chi connectivity index (χ1v) is 10.2. The van der Waals surface area contributed by atoms with E-state index in [1.165, 1.54) is 18.1 Å². The van der Waals surface area contributed by atoms with Crippen molar-refractivity contribution in [1.82, 2.24) is 9.55 Å². The molecule has 0 spiro atoms. The van der Waals surface area contributed by atoms with E-state index in [1.807, 2.05) is 12.1 Å². The Hall–Kier alpha value is -3.79. The lowest BCUT2D eigenvalue weighted by atomic mass is 9.88. The van der Waals surface area contributed by atoms with E-state index in [0.29, 0.717) is 17.0 Å². The summed E-state index contributed by atoms with van der Waals surface area (Å²) in [5.74, 6) is -2.30. The zero-order valence-corrected chi connectivity index (χ0v) is 17.6. The Labute approximate surface area is 183 Å². The fourth-order valence-electron chi connectivity index (χ4n) is 4.12. The summed E-state index contributed by atoms with van der Waals surface area (Å²) in [6.45, 7) is 2.10. The largest absolute Gasteiger partial charge is 0.465 e. The van der Waals surface area contributed by atoms with E-state index in [-0.39, 0.29) is 31.0 Å². The lowest BCUT2D eigenvalue weighted by Crippen LogP contribution is -2.51. The van der Waals surface area contributed by atoms with Gasteiger partial charge in [0.25, 0.3) is 5.69 Å². The number of hydrogen-bond acceptors (Lipinski definition) is 7. The maximum Gasteiger partial charge on any atom is 0.321 e. The van der Waals surface area contributed by atoms with Gasteiger partial charge in [0.1, 0.15) is 0 Å². The highest BCUT2D eigenvalue weighted by atomic mass is 16.6. The molecule has 1 aliphatic heterocycles. The molecule has 0 saturated heterocycles. The van der Waals surface area contributed by atoms with E-state index in [0.717, 1.165) is 0 Å². The lowest BCUT2D eigenvalue weighted by Gasteiger charge is -2.37. The summed E-state index contributed by atoms with van der Waals surface area (Å²) in [6, 6.07) is 12.3. The number of ether oxygens (including phenoxy) is 2. The van der Waals surface area contributed by atoms with Crippen LogP contribution in [0.15, 0.2) is 48.5 Å². The molecule has 10 heteroatoms. The van der Waals surface area contributed by atoms with Crippen molar-refractivity contribution in [2.75, 3.05) is 31.8 Å². The van der Waals surface area contributed by atoms with Gasteiger partial charge in [-0.2, -0.15) is 0 Å². The number of nitrogens with zero attached hydrogens (tertiary/aromatic N) is 4. The maximum atomic E-state index is 13.6. The SMILES string of the molecule is CCOC(=O)[C@H]1C(=O)N(CCOC)c2nc3ccccc3n2[C@@H]1c1ccccc1[N+](=O)[O-]. The number of anilines is 1. The monoisotopic (exact) mass is 438 g/mol. The fourth-order valence-corrected chi connectivity index (χ4v) is 4.12. The van der Waals surface area contributed by atoms with Crippen LogP contribution in [0.5, 0.6) is 0 Å². The quantitative estimate of drug-likeness (QED) is 0.241.